The van der Waals surface area contributed by atoms with Gasteiger partial charge in [-0.15, -0.1) is 0 Å². The standard InChI is InChI=1S/C13H16ClFN2O/c14-10-4-9(5-11(15)7-10)6-13(18)17-3-1-2-12(16)8-17/h4-5,7,12H,1-3,6,8,16H2. The lowest BCUT2D eigenvalue weighted by atomic mass is 10.1. The molecule has 1 atom stereocenters. The third-order valence-corrected chi connectivity index (χ3v) is 3.31. The first-order valence-electron chi connectivity index (χ1n) is 6.03. The lowest BCUT2D eigenvalue weighted by Crippen LogP contribution is -2.46. The Kier molecular flexibility index (Phi) is 4.19. The summed E-state index contributed by atoms with van der Waals surface area (Å²) in [4.78, 5) is 13.8. The zero-order chi connectivity index (χ0) is 13.1. The van der Waals surface area contributed by atoms with Crippen LogP contribution >= 0.6 is 11.6 Å². The van der Waals surface area contributed by atoms with E-state index < -0.39 is 5.82 Å². The molecule has 2 N–H and O–H groups in total. The van der Waals surface area contributed by atoms with Gasteiger partial charge in [-0.05, 0) is 36.6 Å². The van der Waals surface area contributed by atoms with Crippen LogP contribution in [0.1, 0.15) is 18.4 Å². The second-order valence-corrected chi connectivity index (χ2v) is 5.13. The summed E-state index contributed by atoms with van der Waals surface area (Å²) in [5.74, 6) is -0.438. The minimum Gasteiger partial charge on any atom is -0.341 e. The molecule has 1 heterocycles. The van der Waals surface area contributed by atoms with Crippen molar-refractivity contribution in [2.45, 2.75) is 25.3 Å². The number of piperidine rings is 1. The van der Waals surface area contributed by atoms with Gasteiger partial charge in [-0.1, -0.05) is 11.6 Å². The van der Waals surface area contributed by atoms with Gasteiger partial charge in [0.25, 0.3) is 0 Å². The van der Waals surface area contributed by atoms with Gasteiger partial charge in [0.1, 0.15) is 5.82 Å². The molecule has 1 unspecified atom stereocenters. The van der Waals surface area contributed by atoms with E-state index >= 15 is 0 Å². The molecule has 3 nitrogen and oxygen atoms in total. The summed E-state index contributed by atoms with van der Waals surface area (Å²) >= 11 is 5.76. The van der Waals surface area contributed by atoms with Crippen LogP contribution in [0.15, 0.2) is 18.2 Å². The number of hydrogen-bond acceptors (Lipinski definition) is 2. The maximum atomic E-state index is 13.2. The maximum absolute atomic E-state index is 13.2. The number of likely N-dealkylation sites (tertiary alicyclic amines) is 1. The van der Waals surface area contributed by atoms with Gasteiger partial charge in [0, 0.05) is 24.2 Å². The molecular weight excluding hydrogens is 255 g/mol. The fourth-order valence-electron chi connectivity index (χ4n) is 2.24. The summed E-state index contributed by atoms with van der Waals surface area (Å²) in [5, 5.41) is 0.313. The second-order valence-electron chi connectivity index (χ2n) is 4.70. The second kappa shape index (κ2) is 5.67. The Morgan fingerprint density at radius 2 is 2.28 bits per heavy atom. The molecule has 2 rings (SSSR count). The molecule has 1 aliphatic heterocycles. The molecule has 0 aromatic heterocycles. The first kappa shape index (κ1) is 13.3. The van der Waals surface area contributed by atoms with Crippen LogP contribution in [0.5, 0.6) is 0 Å². The maximum Gasteiger partial charge on any atom is 0.227 e. The van der Waals surface area contributed by atoms with E-state index in [1.165, 1.54) is 12.1 Å². The Hall–Kier alpha value is -1.13. The predicted octanol–water partition coefficient (Wildman–Crippen LogP) is 1.97. The van der Waals surface area contributed by atoms with Crippen molar-refractivity contribution in [2.24, 2.45) is 5.73 Å². The first-order chi connectivity index (χ1) is 8.54. The average Bonchev–Trinajstić information content (AvgIpc) is 2.27. The van der Waals surface area contributed by atoms with Crippen molar-refractivity contribution in [1.82, 2.24) is 4.90 Å². The van der Waals surface area contributed by atoms with E-state index in [9.17, 15) is 9.18 Å². The molecule has 18 heavy (non-hydrogen) atoms. The highest BCUT2D eigenvalue weighted by molar-refractivity contribution is 6.30. The molecule has 0 radical (unpaired) electrons. The van der Waals surface area contributed by atoms with Crippen molar-refractivity contribution in [3.05, 3.63) is 34.6 Å². The zero-order valence-electron chi connectivity index (χ0n) is 10.0. The van der Waals surface area contributed by atoms with Crippen molar-refractivity contribution in [3.8, 4) is 0 Å². The molecule has 1 amide bonds. The molecule has 0 bridgehead atoms. The molecule has 1 fully saturated rings. The summed E-state index contributed by atoms with van der Waals surface area (Å²) in [7, 11) is 0. The van der Waals surface area contributed by atoms with Gasteiger partial charge in [-0.3, -0.25) is 4.79 Å². The fraction of sp³-hybridized carbons (Fsp3) is 0.462. The molecule has 1 aromatic rings. The molecule has 98 valence electrons. The minimum absolute atomic E-state index is 0.0215. The highest BCUT2D eigenvalue weighted by Gasteiger charge is 2.21. The molecular formula is C13H16ClFN2O. The SMILES string of the molecule is NC1CCCN(C(=O)Cc2cc(F)cc(Cl)c2)C1. The van der Waals surface area contributed by atoms with Gasteiger partial charge < -0.3 is 10.6 Å². The summed E-state index contributed by atoms with van der Waals surface area (Å²) in [5.41, 5.74) is 6.43. The van der Waals surface area contributed by atoms with E-state index in [1.807, 2.05) is 0 Å². The van der Waals surface area contributed by atoms with Crippen LogP contribution in [-0.4, -0.2) is 29.9 Å². The van der Waals surface area contributed by atoms with Gasteiger partial charge in [0.2, 0.25) is 5.91 Å². The molecule has 0 spiro atoms. The van der Waals surface area contributed by atoms with Crippen molar-refractivity contribution in [1.29, 1.82) is 0 Å². The Labute approximate surface area is 111 Å². The summed E-state index contributed by atoms with van der Waals surface area (Å²) in [6.45, 7) is 1.32. The number of rotatable bonds is 2. The van der Waals surface area contributed by atoms with Crippen LogP contribution in [0.2, 0.25) is 5.02 Å². The lowest BCUT2D eigenvalue weighted by molar-refractivity contribution is -0.131. The quantitative estimate of drug-likeness (QED) is 0.893. The van der Waals surface area contributed by atoms with E-state index in [0.29, 0.717) is 17.1 Å². The number of nitrogens with zero attached hydrogens (tertiary/aromatic N) is 1. The topological polar surface area (TPSA) is 46.3 Å². The molecule has 5 heteroatoms. The third-order valence-electron chi connectivity index (χ3n) is 3.09. The fourth-order valence-corrected chi connectivity index (χ4v) is 2.48. The van der Waals surface area contributed by atoms with Crippen LogP contribution in [0, 0.1) is 5.82 Å². The Morgan fingerprint density at radius 3 is 2.94 bits per heavy atom. The van der Waals surface area contributed by atoms with Crippen LogP contribution < -0.4 is 5.73 Å². The van der Waals surface area contributed by atoms with E-state index in [-0.39, 0.29) is 18.4 Å². The smallest absolute Gasteiger partial charge is 0.227 e. The number of carbonyl (C=O) groups is 1. The van der Waals surface area contributed by atoms with Crippen molar-refractivity contribution < 1.29 is 9.18 Å². The third kappa shape index (κ3) is 3.43. The Bertz CT molecular complexity index is 432. The van der Waals surface area contributed by atoms with Gasteiger partial charge in [0.05, 0.1) is 6.42 Å². The van der Waals surface area contributed by atoms with Gasteiger partial charge in [-0.2, -0.15) is 0 Å². The lowest BCUT2D eigenvalue weighted by Gasteiger charge is -2.30. The molecule has 0 saturated carbocycles. The predicted molar refractivity (Wildman–Crippen MR) is 68.9 cm³/mol. The number of carbonyl (C=O) groups excluding carboxylic acids is 1. The Morgan fingerprint density at radius 1 is 1.50 bits per heavy atom. The van der Waals surface area contributed by atoms with Crippen molar-refractivity contribution >= 4 is 17.5 Å². The molecule has 1 saturated heterocycles. The van der Waals surface area contributed by atoms with Crippen LogP contribution in [0.3, 0.4) is 0 Å². The number of benzene rings is 1. The molecule has 1 aliphatic rings. The molecule has 0 aliphatic carbocycles. The minimum atomic E-state index is -0.416. The first-order valence-corrected chi connectivity index (χ1v) is 6.41. The van der Waals surface area contributed by atoms with Crippen molar-refractivity contribution in [2.75, 3.05) is 13.1 Å². The number of halogens is 2. The van der Waals surface area contributed by atoms with E-state index in [0.717, 1.165) is 19.4 Å². The van der Waals surface area contributed by atoms with Crippen LogP contribution in [-0.2, 0) is 11.2 Å². The Balaban J connectivity index is 2.02. The van der Waals surface area contributed by atoms with E-state index in [1.54, 1.807) is 11.0 Å². The number of hydrogen-bond donors (Lipinski definition) is 1. The van der Waals surface area contributed by atoms with Gasteiger partial charge in [-0.25, -0.2) is 4.39 Å². The van der Waals surface area contributed by atoms with Gasteiger partial charge >= 0.3 is 0 Å². The summed E-state index contributed by atoms with van der Waals surface area (Å²) < 4.78 is 13.2. The van der Waals surface area contributed by atoms with Crippen molar-refractivity contribution in [3.63, 3.8) is 0 Å². The van der Waals surface area contributed by atoms with E-state index in [2.05, 4.69) is 0 Å². The summed E-state index contributed by atoms with van der Waals surface area (Å²) in [6.07, 6.45) is 2.05. The average molecular weight is 271 g/mol. The normalized spacial score (nSPS) is 19.9. The molecule has 1 aromatic carbocycles. The van der Waals surface area contributed by atoms with Crippen LogP contribution in [0.25, 0.3) is 0 Å². The largest absolute Gasteiger partial charge is 0.341 e. The summed E-state index contributed by atoms with van der Waals surface area (Å²) in [6, 6.07) is 4.24. The highest BCUT2D eigenvalue weighted by atomic mass is 35.5. The van der Waals surface area contributed by atoms with Crippen LogP contribution in [0.4, 0.5) is 4.39 Å². The zero-order valence-corrected chi connectivity index (χ0v) is 10.8. The monoisotopic (exact) mass is 270 g/mol. The highest BCUT2D eigenvalue weighted by Crippen LogP contribution is 2.16. The van der Waals surface area contributed by atoms with Gasteiger partial charge in [0.15, 0.2) is 0 Å². The van der Waals surface area contributed by atoms with E-state index in [4.69, 9.17) is 17.3 Å². The number of amides is 1. The number of nitrogens with two attached hydrogens (primary N) is 1.